The second kappa shape index (κ2) is 6.75. The van der Waals surface area contributed by atoms with Gasteiger partial charge in [-0.2, -0.15) is 0 Å². The highest BCUT2D eigenvalue weighted by Gasteiger charge is 2.27. The summed E-state index contributed by atoms with van der Waals surface area (Å²) in [6.07, 6.45) is 2.16. The van der Waals surface area contributed by atoms with Crippen LogP contribution in [0.15, 0.2) is 24.3 Å². The van der Waals surface area contributed by atoms with Crippen molar-refractivity contribution in [1.82, 2.24) is 4.90 Å². The molecule has 112 valence electrons. The Morgan fingerprint density at radius 2 is 2.00 bits per heavy atom. The second-order valence-electron chi connectivity index (χ2n) is 5.68. The van der Waals surface area contributed by atoms with Crippen molar-refractivity contribution in [1.29, 1.82) is 0 Å². The molecule has 1 fully saturated rings. The molecule has 1 atom stereocenters. The first kappa shape index (κ1) is 15.6. The quantitative estimate of drug-likeness (QED) is 0.768. The average Bonchev–Trinajstić information content (AvgIpc) is 2.66. The third-order valence-corrected chi connectivity index (χ3v) is 3.79. The minimum Gasteiger partial charge on any atom is -0.390 e. The van der Waals surface area contributed by atoms with Crippen LogP contribution in [0.2, 0.25) is 0 Å². The van der Waals surface area contributed by atoms with Crippen molar-refractivity contribution in [2.75, 3.05) is 19.7 Å². The molecule has 0 saturated carbocycles. The molecule has 21 heavy (non-hydrogen) atoms. The Bertz CT molecular complexity index is 552. The van der Waals surface area contributed by atoms with Gasteiger partial charge >= 0.3 is 0 Å². The summed E-state index contributed by atoms with van der Waals surface area (Å²) in [6, 6.07) is 7.08. The maximum absolute atomic E-state index is 12.5. The van der Waals surface area contributed by atoms with Crippen molar-refractivity contribution in [3.05, 3.63) is 35.4 Å². The van der Waals surface area contributed by atoms with Crippen molar-refractivity contribution in [3.63, 3.8) is 0 Å². The molecule has 4 heteroatoms. The van der Waals surface area contributed by atoms with Crippen LogP contribution in [-0.4, -0.2) is 46.3 Å². The molecule has 1 aromatic carbocycles. The number of likely N-dealkylation sites (tertiary alicyclic amines) is 1. The Morgan fingerprint density at radius 1 is 1.29 bits per heavy atom. The van der Waals surface area contributed by atoms with E-state index in [1.54, 1.807) is 29.2 Å². The first-order chi connectivity index (χ1) is 10.0. The van der Waals surface area contributed by atoms with Gasteiger partial charge in [-0.3, -0.25) is 4.79 Å². The number of nitrogens with zero attached hydrogens (tertiary/aromatic N) is 1. The highest BCUT2D eigenvalue weighted by molar-refractivity contribution is 5.94. The maximum Gasteiger partial charge on any atom is 0.253 e. The van der Waals surface area contributed by atoms with E-state index in [2.05, 4.69) is 11.8 Å². The maximum atomic E-state index is 12.5. The first-order valence-corrected chi connectivity index (χ1v) is 7.23. The standard InChI is InChI=1S/C17H21NO3/c1-17(21)9-3-11-18(12-10-17)16(20)15-7-5-14(6-8-15)4-2-13-19/h5-8,19,21H,3,9-13H2,1H3. The summed E-state index contributed by atoms with van der Waals surface area (Å²) >= 11 is 0. The van der Waals surface area contributed by atoms with Crippen LogP contribution in [0.4, 0.5) is 0 Å². The molecular weight excluding hydrogens is 266 g/mol. The van der Waals surface area contributed by atoms with Gasteiger partial charge in [0.15, 0.2) is 0 Å². The number of carbonyl (C=O) groups excluding carboxylic acids is 1. The molecule has 0 radical (unpaired) electrons. The number of hydrogen-bond acceptors (Lipinski definition) is 3. The average molecular weight is 287 g/mol. The smallest absolute Gasteiger partial charge is 0.253 e. The molecule has 0 aromatic heterocycles. The number of aliphatic hydroxyl groups is 2. The first-order valence-electron chi connectivity index (χ1n) is 7.23. The minimum absolute atomic E-state index is 0.00522. The van der Waals surface area contributed by atoms with E-state index in [9.17, 15) is 9.90 Å². The fraction of sp³-hybridized carbons (Fsp3) is 0.471. The van der Waals surface area contributed by atoms with Gasteiger partial charge in [-0.1, -0.05) is 11.8 Å². The SMILES string of the molecule is CC1(O)CCCN(C(=O)c2ccc(C#CCO)cc2)CC1. The fourth-order valence-corrected chi connectivity index (χ4v) is 2.49. The lowest BCUT2D eigenvalue weighted by Crippen LogP contribution is -2.33. The van der Waals surface area contributed by atoms with E-state index < -0.39 is 5.60 Å². The zero-order chi connectivity index (χ0) is 15.3. The normalized spacial score (nSPS) is 22.1. The van der Waals surface area contributed by atoms with E-state index in [0.717, 1.165) is 18.4 Å². The molecule has 1 aromatic rings. The summed E-state index contributed by atoms with van der Waals surface area (Å²) in [5, 5.41) is 18.7. The fourth-order valence-electron chi connectivity index (χ4n) is 2.49. The molecule has 1 heterocycles. The van der Waals surface area contributed by atoms with E-state index in [1.165, 1.54) is 0 Å². The Labute approximate surface area is 125 Å². The highest BCUT2D eigenvalue weighted by Crippen LogP contribution is 2.22. The number of rotatable bonds is 1. The van der Waals surface area contributed by atoms with E-state index >= 15 is 0 Å². The van der Waals surface area contributed by atoms with E-state index in [1.807, 2.05) is 6.92 Å². The molecule has 0 spiro atoms. The van der Waals surface area contributed by atoms with Gasteiger partial charge in [-0.25, -0.2) is 0 Å². The van der Waals surface area contributed by atoms with Crippen LogP contribution < -0.4 is 0 Å². The van der Waals surface area contributed by atoms with Gasteiger partial charge in [-0.15, -0.1) is 0 Å². The Morgan fingerprint density at radius 3 is 2.67 bits per heavy atom. The predicted octanol–water partition coefficient (Wildman–Crippen LogP) is 1.41. The number of hydrogen-bond donors (Lipinski definition) is 2. The van der Waals surface area contributed by atoms with Crippen LogP contribution in [-0.2, 0) is 0 Å². The van der Waals surface area contributed by atoms with Crippen molar-refractivity contribution in [2.45, 2.75) is 31.8 Å². The summed E-state index contributed by atoms with van der Waals surface area (Å²) < 4.78 is 0. The molecule has 0 bridgehead atoms. The van der Waals surface area contributed by atoms with Crippen LogP contribution in [0.5, 0.6) is 0 Å². The van der Waals surface area contributed by atoms with E-state index in [0.29, 0.717) is 25.1 Å². The van der Waals surface area contributed by atoms with Crippen molar-refractivity contribution in [2.24, 2.45) is 0 Å². The summed E-state index contributed by atoms with van der Waals surface area (Å²) in [7, 11) is 0. The van der Waals surface area contributed by atoms with Gasteiger partial charge in [-0.05, 0) is 50.5 Å². The molecule has 1 aliphatic heterocycles. The summed E-state index contributed by atoms with van der Waals surface area (Å²) in [5.74, 6) is 5.37. The summed E-state index contributed by atoms with van der Waals surface area (Å²) in [6.45, 7) is 2.92. The number of benzene rings is 1. The van der Waals surface area contributed by atoms with Crippen LogP contribution in [0.1, 0.15) is 42.1 Å². The Kier molecular flexibility index (Phi) is 5.00. The van der Waals surface area contributed by atoms with Crippen LogP contribution >= 0.6 is 0 Å². The van der Waals surface area contributed by atoms with Gasteiger partial charge in [0.25, 0.3) is 5.91 Å². The lowest BCUT2D eigenvalue weighted by molar-refractivity contribution is 0.0438. The molecule has 0 aliphatic carbocycles. The van der Waals surface area contributed by atoms with Gasteiger partial charge in [0.2, 0.25) is 0 Å². The largest absolute Gasteiger partial charge is 0.390 e. The molecule has 1 unspecified atom stereocenters. The third-order valence-electron chi connectivity index (χ3n) is 3.79. The highest BCUT2D eigenvalue weighted by atomic mass is 16.3. The van der Waals surface area contributed by atoms with Gasteiger partial charge in [0, 0.05) is 24.2 Å². The molecule has 1 amide bonds. The zero-order valence-corrected chi connectivity index (χ0v) is 12.3. The third kappa shape index (κ3) is 4.32. The molecule has 2 N–H and O–H groups in total. The summed E-state index contributed by atoms with van der Waals surface area (Å²) in [4.78, 5) is 14.3. The minimum atomic E-state index is -0.668. The Hall–Kier alpha value is -1.83. The molecule has 1 saturated heterocycles. The number of amides is 1. The van der Waals surface area contributed by atoms with E-state index in [4.69, 9.17) is 5.11 Å². The number of carbonyl (C=O) groups is 1. The Balaban J connectivity index is 2.06. The topological polar surface area (TPSA) is 60.8 Å². The zero-order valence-electron chi connectivity index (χ0n) is 12.3. The monoisotopic (exact) mass is 287 g/mol. The van der Waals surface area contributed by atoms with E-state index in [-0.39, 0.29) is 12.5 Å². The molecule has 2 rings (SSSR count). The van der Waals surface area contributed by atoms with Gasteiger partial charge in [0.05, 0.1) is 5.60 Å². The number of aliphatic hydroxyl groups excluding tert-OH is 1. The van der Waals surface area contributed by atoms with Crippen molar-refractivity contribution < 1.29 is 15.0 Å². The van der Waals surface area contributed by atoms with Crippen LogP contribution in [0.3, 0.4) is 0 Å². The predicted molar refractivity (Wildman–Crippen MR) is 80.8 cm³/mol. The van der Waals surface area contributed by atoms with Gasteiger partial charge in [0.1, 0.15) is 6.61 Å². The van der Waals surface area contributed by atoms with Gasteiger partial charge < -0.3 is 15.1 Å². The van der Waals surface area contributed by atoms with Crippen molar-refractivity contribution in [3.8, 4) is 11.8 Å². The molecule has 4 nitrogen and oxygen atoms in total. The lowest BCUT2D eigenvalue weighted by Gasteiger charge is -2.22. The second-order valence-corrected chi connectivity index (χ2v) is 5.68. The van der Waals surface area contributed by atoms with Crippen LogP contribution in [0.25, 0.3) is 0 Å². The van der Waals surface area contributed by atoms with Crippen molar-refractivity contribution >= 4 is 5.91 Å². The summed E-state index contributed by atoms with van der Waals surface area (Å²) in [5.41, 5.74) is 0.740. The van der Waals surface area contributed by atoms with Crippen LogP contribution in [0, 0.1) is 11.8 Å². The lowest BCUT2D eigenvalue weighted by atomic mass is 9.98. The molecular formula is C17H21NO3. The molecule has 1 aliphatic rings.